The molecule has 1 aromatic heterocycles. The lowest BCUT2D eigenvalue weighted by Crippen LogP contribution is -2.36. The minimum atomic E-state index is -4.43. The van der Waals surface area contributed by atoms with E-state index in [2.05, 4.69) is 15.5 Å². The van der Waals surface area contributed by atoms with E-state index < -0.39 is 11.9 Å². The maximum Gasteiger partial charge on any atom is 0.435 e. The van der Waals surface area contributed by atoms with Gasteiger partial charge < -0.3 is 10.2 Å². The molecule has 4 nitrogen and oxygen atoms in total. The van der Waals surface area contributed by atoms with Gasteiger partial charge in [-0.25, -0.2) is 0 Å². The Morgan fingerprint density at radius 3 is 2.45 bits per heavy atom. The molecule has 0 atom stereocenters. The lowest BCUT2D eigenvalue weighted by atomic mass is 9.97. The molecule has 0 aliphatic carbocycles. The maximum atomic E-state index is 12.5. The molecule has 1 saturated heterocycles. The van der Waals surface area contributed by atoms with Gasteiger partial charge in [0.2, 0.25) is 0 Å². The molecule has 7 heteroatoms. The molecule has 0 aromatic carbocycles. The number of halogens is 3. The summed E-state index contributed by atoms with van der Waals surface area (Å²) in [7, 11) is 0. The number of alkyl halides is 3. The highest BCUT2D eigenvalue weighted by molar-refractivity contribution is 5.37. The predicted octanol–water partition coefficient (Wildman–Crippen LogP) is 2.32. The third-order valence-electron chi connectivity index (χ3n) is 3.58. The van der Waals surface area contributed by atoms with Gasteiger partial charge in [0.15, 0.2) is 11.5 Å². The Kier molecular flexibility index (Phi) is 4.80. The third-order valence-corrected chi connectivity index (χ3v) is 3.58. The van der Waals surface area contributed by atoms with E-state index in [0.717, 1.165) is 38.5 Å². The van der Waals surface area contributed by atoms with Crippen LogP contribution in [0, 0.1) is 5.92 Å². The summed E-state index contributed by atoms with van der Waals surface area (Å²) in [6, 6.07) is 2.40. The van der Waals surface area contributed by atoms with Gasteiger partial charge in [0, 0.05) is 13.1 Å². The van der Waals surface area contributed by atoms with E-state index in [1.165, 1.54) is 6.07 Å². The highest BCUT2D eigenvalue weighted by Gasteiger charge is 2.33. The number of rotatable bonds is 4. The van der Waals surface area contributed by atoms with E-state index in [1.54, 1.807) is 0 Å². The number of nitrogens with one attached hydrogen (secondary N) is 1. The Hall–Kier alpha value is -1.37. The molecule has 20 heavy (non-hydrogen) atoms. The highest BCUT2D eigenvalue weighted by atomic mass is 19.4. The summed E-state index contributed by atoms with van der Waals surface area (Å²) in [5.41, 5.74) is -0.945. The van der Waals surface area contributed by atoms with Crippen molar-refractivity contribution >= 4 is 5.82 Å². The zero-order valence-corrected chi connectivity index (χ0v) is 11.5. The van der Waals surface area contributed by atoms with Gasteiger partial charge >= 0.3 is 6.18 Å². The molecule has 112 valence electrons. The summed E-state index contributed by atoms with van der Waals surface area (Å²) in [5, 5.41) is 10.3. The molecule has 2 rings (SSSR count). The molecule has 1 N–H and O–H groups in total. The molecule has 1 aromatic rings. The van der Waals surface area contributed by atoms with E-state index >= 15 is 0 Å². The number of aromatic nitrogens is 2. The quantitative estimate of drug-likeness (QED) is 0.923. The fourth-order valence-electron chi connectivity index (χ4n) is 2.41. The first kappa shape index (κ1) is 15.0. The molecule has 0 saturated carbocycles. The average Bonchev–Trinajstić information content (AvgIpc) is 2.45. The summed E-state index contributed by atoms with van der Waals surface area (Å²) < 4.78 is 37.4. The molecule has 0 unspecified atom stereocenters. The normalized spacial score (nSPS) is 17.2. The second-order valence-electron chi connectivity index (χ2n) is 5.01. The van der Waals surface area contributed by atoms with Crippen molar-refractivity contribution in [2.75, 3.05) is 31.1 Å². The van der Waals surface area contributed by atoms with E-state index in [1.807, 2.05) is 11.8 Å². The molecule has 0 spiro atoms. The Morgan fingerprint density at radius 1 is 1.25 bits per heavy atom. The fourth-order valence-corrected chi connectivity index (χ4v) is 2.41. The smallest absolute Gasteiger partial charge is 0.355 e. The van der Waals surface area contributed by atoms with Gasteiger partial charge in [-0.3, -0.25) is 0 Å². The molecule has 2 heterocycles. The van der Waals surface area contributed by atoms with Crippen LogP contribution in [0.5, 0.6) is 0 Å². The third kappa shape index (κ3) is 3.82. The van der Waals surface area contributed by atoms with Gasteiger partial charge in [0.05, 0.1) is 0 Å². The Morgan fingerprint density at radius 2 is 1.95 bits per heavy atom. The van der Waals surface area contributed by atoms with Crippen molar-refractivity contribution in [3.63, 3.8) is 0 Å². The van der Waals surface area contributed by atoms with E-state index in [0.29, 0.717) is 18.3 Å². The maximum absolute atomic E-state index is 12.5. The Balaban J connectivity index is 2.03. The summed E-state index contributed by atoms with van der Waals surface area (Å²) in [6.07, 6.45) is -2.26. The van der Waals surface area contributed by atoms with Crippen LogP contribution >= 0.6 is 0 Å². The molecular weight excluding hydrogens is 269 g/mol. The highest BCUT2D eigenvalue weighted by Crippen LogP contribution is 2.27. The van der Waals surface area contributed by atoms with Crippen LogP contribution in [0.4, 0.5) is 19.0 Å². The molecule has 1 aliphatic heterocycles. The van der Waals surface area contributed by atoms with Gasteiger partial charge in [0.1, 0.15) is 0 Å². The average molecular weight is 288 g/mol. The lowest BCUT2D eigenvalue weighted by molar-refractivity contribution is -0.141. The summed E-state index contributed by atoms with van der Waals surface area (Å²) >= 11 is 0. The van der Waals surface area contributed by atoms with Gasteiger partial charge in [-0.05, 0) is 50.9 Å². The number of hydrogen-bond acceptors (Lipinski definition) is 4. The van der Waals surface area contributed by atoms with Crippen molar-refractivity contribution in [3.8, 4) is 0 Å². The standard InChI is InChI=1S/C13H19F3N4/c1-2-20(9-10-5-7-17-8-6-10)12-4-3-11(18-19-12)13(14,15)16/h3-4,10,17H,2,5-9H2,1H3. The molecular formula is C13H19F3N4. The largest absolute Gasteiger partial charge is 0.435 e. The minimum absolute atomic E-state index is 0.513. The van der Waals surface area contributed by atoms with Crippen LogP contribution in [0.25, 0.3) is 0 Å². The van der Waals surface area contributed by atoms with Crippen LogP contribution in [0.15, 0.2) is 12.1 Å². The van der Waals surface area contributed by atoms with Crippen molar-refractivity contribution in [1.29, 1.82) is 0 Å². The first-order valence-corrected chi connectivity index (χ1v) is 6.87. The van der Waals surface area contributed by atoms with Crippen molar-refractivity contribution in [2.24, 2.45) is 5.92 Å². The van der Waals surface area contributed by atoms with Crippen molar-refractivity contribution in [1.82, 2.24) is 15.5 Å². The second kappa shape index (κ2) is 6.39. The van der Waals surface area contributed by atoms with Gasteiger partial charge in [-0.15, -0.1) is 10.2 Å². The Bertz CT molecular complexity index is 413. The summed E-state index contributed by atoms with van der Waals surface area (Å²) in [6.45, 7) is 5.50. The molecule has 0 radical (unpaired) electrons. The van der Waals surface area contributed by atoms with Gasteiger partial charge in [-0.1, -0.05) is 0 Å². The minimum Gasteiger partial charge on any atom is -0.355 e. The zero-order chi connectivity index (χ0) is 14.6. The van der Waals surface area contributed by atoms with Gasteiger partial charge in [0.25, 0.3) is 0 Å². The topological polar surface area (TPSA) is 41.0 Å². The van der Waals surface area contributed by atoms with E-state index in [4.69, 9.17) is 0 Å². The zero-order valence-electron chi connectivity index (χ0n) is 11.5. The number of hydrogen-bond donors (Lipinski definition) is 1. The van der Waals surface area contributed by atoms with Crippen LogP contribution in [-0.4, -0.2) is 36.4 Å². The Labute approximate surface area is 116 Å². The van der Waals surface area contributed by atoms with Crippen LogP contribution in [-0.2, 0) is 6.18 Å². The molecule has 1 fully saturated rings. The molecule has 0 bridgehead atoms. The van der Waals surface area contributed by atoms with E-state index in [9.17, 15) is 13.2 Å². The van der Waals surface area contributed by atoms with Crippen LogP contribution < -0.4 is 10.2 Å². The number of anilines is 1. The predicted molar refractivity (Wildman–Crippen MR) is 70.5 cm³/mol. The SMILES string of the molecule is CCN(CC1CCNCC1)c1ccc(C(F)(F)F)nn1. The van der Waals surface area contributed by atoms with Crippen LogP contribution in [0.3, 0.4) is 0 Å². The van der Waals surface area contributed by atoms with Crippen molar-refractivity contribution in [3.05, 3.63) is 17.8 Å². The first-order chi connectivity index (χ1) is 9.50. The van der Waals surface area contributed by atoms with Crippen molar-refractivity contribution in [2.45, 2.75) is 25.9 Å². The van der Waals surface area contributed by atoms with Gasteiger partial charge in [-0.2, -0.15) is 13.2 Å². The van der Waals surface area contributed by atoms with Crippen LogP contribution in [0.1, 0.15) is 25.5 Å². The van der Waals surface area contributed by atoms with Crippen molar-refractivity contribution < 1.29 is 13.2 Å². The fraction of sp³-hybridized carbons (Fsp3) is 0.692. The van der Waals surface area contributed by atoms with Crippen LogP contribution in [0.2, 0.25) is 0 Å². The summed E-state index contributed by atoms with van der Waals surface area (Å²) in [5.74, 6) is 1.07. The number of piperidine rings is 1. The molecule has 0 amide bonds. The monoisotopic (exact) mass is 288 g/mol. The first-order valence-electron chi connectivity index (χ1n) is 6.87. The second-order valence-corrected chi connectivity index (χ2v) is 5.01. The van der Waals surface area contributed by atoms with E-state index in [-0.39, 0.29) is 0 Å². The lowest BCUT2D eigenvalue weighted by Gasteiger charge is -2.29. The molecule has 1 aliphatic rings. The number of nitrogens with zero attached hydrogens (tertiary/aromatic N) is 3. The summed E-state index contributed by atoms with van der Waals surface area (Å²) in [4.78, 5) is 1.99.